The van der Waals surface area contributed by atoms with Crippen molar-refractivity contribution in [2.75, 3.05) is 31.7 Å². The van der Waals surface area contributed by atoms with Crippen LogP contribution in [0.15, 0.2) is 241 Å². The quantitative estimate of drug-likeness (QED) is 0.0180. The Morgan fingerprint density at radius 1 is 0.464 bits per heavy atom. The molecule has 8 aromatic rings. The van der Waals surface area contributed by atoms with E-state index in [4.69, 9.17) is 47.7 Å². The van der Waals surface area contributed by atoms with Gasteiger partial charge in [0.2, 0.25) is 42.4 Å². The van der Waals surface area contributed by atoms with Crippen molar-refractivity contribution >= 4 is 40.8 Å². The number of allylic oxidation sites excluding steroid dienone is 4. The van der Waals surface area contributed by atoms with E-state index in [1.54, 1.807) is 29.6 Å². The molecule has 14 rings (SSSR count). The van der Waals surface area contributed by atoms with Crippen LogP contribution in [-0.4, -0.2) is 90.7 Å². The largest absolute Gasteiger partial charge is 0.475 e. The maximum atomic E-state index is 13.0. The molecule has 588 valence electrons. The van der Waals surface area contributed by atoms with E-state index >= 15 is 0 Å². The van der Waals surface area contributed by atoms with Gasteiger partial charge < -0.3 is 63.3 Å². The molecule has 0 fully saturated rings. The molecule has 4 aliphatic heterocycles. The fraction of sp³-hybridized carbons (Fsp3) is 0.362. The van der Waals surface area contributed by atoms with Gasteiger partial charge in [-0.3, -0.25) is 4.79 Å². The Hall–Kier alpha value is -10.2. The summed E-state index contributed by atoms with van der Waals surface area (Å²) >= 11 is 1.61. The van der Waals surface area contributed by atoms with Crippen molar-refractivity contribution in [2.24, 2.45) is 0 Å². The molecule has 8 atom stereocenters. The van der Waals surface area contributed by atoms with E-state index in [9.17, 15) is 29.4 Å². The number of carbonyl (C=O) groups is 4. The average Bonchev–Trinajstić information content (AvgIpc) is 1.69. The number of esters is 1. The van der Waals surface area contributed by atoms with Crippen molar-refractivity contribution in [1.29, 1.82) is 0 Å². The Balaban J connectivity index is 0.000000150. The molecule has 0 saturated heterocycles. The number of aliphatic hydroxyl groups is 1. The fourth-order valence-electron chi connectivity index (χ4n) is 14.4. The second-order valence-corrected chi connectivity index (χ2v) is 29.5. The molecule has 17 nitrogen and oxygen atoms in total. The number of fused-ring (bicyclic) bond motifs is 6. The minimum absolute atomic E-state index is 0.00273. The number of amides is 1. The standard InChI is InChI=1S/C28H29NO4.C27H30O4.C24H26O4.C15H20O4S/c1-2-20-12-14-23(15-13-20)24-16-26(28(31)29-25-6-4-3-5-7-25)33-27(17-24)32-19-22-10-8-21(18-30)9-11-22;1-3-5-8-14-29-26-18-21(17-25(31-26)27(28)30-13-4-2)19-11-12-24-22(15-19)16-20-9-6-7-10-23(20)24;1-2-3-6-11-27-23-15-18(14-22(28-23)24(25)26)16-9-10-21-19(12-16)13-17-7-4-5-8-20(17)21;1-2-3-4-6-18-14-9-12(11-5-7-20-10-11)8-13(19-14)15(16)17/h3-16,24,27,30H,2,17-19H2,1H3,(H,29,31);4,6-7,9-12,15,17,21,26H,2-3,5,8,13-14,16,18H2,1H3;4-5,7-10,12,14,18,23H,2-3,6,11,13,15H2,1H3,(H,25,26);5,7-8,10,12,14H,2-4,6,9H2,1H3,(H,16,17)/t24-,27+;21-,26+;18-,23+;12-,14+/m0000/s1. The zero-order valence-corrected chi connectivity index (χ0v) is 65.5. The van der Waals surface area contributed by atoms with Gasteiger partial charge in [-0.2, -0.15) is 11.3 Å². The number of aliphatic carboxylic acids is 2. The average molecular weight is 1540 g/mol. The van der Waals surface area contributed by atoms with Crippen LogP contribution in [0.1, 0.15) is 196 Å². The number of thiophene rings is 1. The van der Waals surface area contributed by atoms with Crippen molar-refractivity contribution in [3.05, 3.63) is 302 Å². The molecule has 0 unspecified atom stereocenters. The van der Waals surface area contributed by atoms with Crippen LogP contribution in [0.3, 0.4) is 0 Å². The fourth-order valence-corrected chi connectivity index (χ4v) is 15.1. The van der Waals surface area contributed by atoms with Gasteiger partial charge >= 0.3 is 17.9 Å². The predicted octanol–water partition coefficient (Wildman–Crippen LogP) is 20.2. The van der Waals surface area contributed by atoms with Crippen LogP contribution < -0.4 is 5.32 Å². The number of ether oxygens (including phenoxy) is 9. The number of hydrogen-bond acceptors (Lipinski definition) is 15. The summed E-state index contributed by atoms with van der Waals surface area (Å²) in [4.78, 5) is 48.1. The molecule has 7 aromatic carbocycles. The second kappa shape index (κ2) is 42.5. The number of carbonyl (C=O) groups excluding carboxylic acids is 2. The van der Waals surface area contributed by atoms with Crippen molar-refractivity contribution in [3.63, 3.8) is 0 Å². The van der Waals surface area contributed by atoms with Crippen LogP contribution in [0.25, 0.3) is 22.3 Å². The lowest BCUT2D eigenvalue weighted by Gasteiger charge is -2.29. The van der Waals surface area contributed by atoms with Crippen LogP contribution in [0.4, 0.5) is 5.69 Å². The van der Waals surface area contributed by atoms with Gasteiger partial charge in [0.1, 0.15) is 6.61 Å². The summed E-state index contributed by atoms with van der Waals surface area (Å²) in [6, 6.07) is 57.6. The summed E-state index contributed by atoms with van der Waals surface area (Å²) in [7, 11) is 0. The number of unbranched alkanes of at least 4 members (excludes halogenated alkanes) is 6. The second-order valence-electron chi connectivity index (χ2n) is 28.7. The van der Waals surface area contributed by atoms with Crippen LogP contribution in [0.5, 0.6) is 0 Å². The molecule has 0 spiro atoms. The van der Waals surface area contributed by atoms with Crippen molar-refractivity contribution in [1.82, 2.24) is 0 Å². The van der Waals surface area contributed by atoms with Crippen LogP contribution in [-0.2, 0) is 94.3 Å². The molecule has 6 aliphatic rings. The number of anilines is 1. The molecule has 112 heavy (non-hydrogen) atoms. The first-order chi connectivity index (χ1) is 54.7. The van der Waals surface area contributed by atoms with Gasteiger partial charge in [0.25, 0.3) is 5.91 Å². The number of hydrogen-bond donors (Lipinski definition) is 4. The van der Waals surface area contributed by atoms with Crippen molar-refractivity contribution in [3.8, 4) is 22.3 Å². The Labute approximate surface area is 662 Å². The molecule has 2 aliphatic carbocycles. The van der Waals surface area contributed by atoms with E-state index in [-0.39, 0.29) is 65.8 Å². The zero-order valence-electron chi connectivity index (χ0n) is 64.6. The lowest BCUT2D eigenvalue weighted by Crippen LogP contribution is -2.29. The first-order valence-corrected chi connectivity index (χ1v) is 40.5. The first kappa shape index (κ1) is 82.8. The number of para-hydroxylation sites is 1. The van der Waals surface area contributed by atoms with Crippen molar-refractivity contribution < 1.29 is 77.1 Å². The van der Waals surface area contributed by atoms with Gasteiger partial charge in [-0.15, -0.1) is 0 Å². The van der Waals surface area contributed by atoms with Gasteiger partial charge in [0.05, 0.1) is 33.0 Å². The Morgan fingerprint density at radius 3 is 1.38 bits per heavy atom. The number of carboxylic acids is 2. The highest BCUT2D eigenvalue weighted by molar-refractivity contribution is 7.08. The Bertz CT molecular complexity index is 4530. The van der Waals surface area contributed by atoms with Gasteiger partial charge in [0.15, 0.2) is 5.76 Å². The number of nitrogens with one attached hydrogen (secondary N) is 1. The minimum Gasteiger partial charge on any atom is -0.475 e. The summed E-state index contributed by atoms with van der Waals surface area (Å²) in [6.45, 7) is 14.5. The summed E-state index contributed by atoms with van der Waals surface area (Å²) in [5.74, 6) is -2.31. The highest BCUT2D eigenvalue weighted by atomic mass is 32.1. The normalized spacial score (nSPS) is 19.5. The SMILES string of the molecule is C=CCOC(=O)C1=C[C@H](c2ccc3c(c2)Cc2ccccc2-3)C[C@H](OCCCCC)O1.CCCCCO[C@H]1C[C@@H](c2ccc3c(c2)Cc2ccccc2-3)C=C(C(=O)O)O1.CCCCCO[C@H]1C[C@@H](c2ccsc2)C=C(C(=O)O)O1.CCc1ccc([C@H]2C=C(C(=O)Nc3ccccc3)O[C@@H](OCc3ccc(CO)cc3)C2)cc1. The van der Waals surface area contributed by atoms with E-state index in [1.807, 2.05) is 83.6 Å². The van der Waals surface area contributed by atoms with Gasteiger partial charge in [-0.25, -0.2) is 14.4 Å². The Morgan fingerprint density at radius 2 is 0.893 bits per heavy atom. The lowest BCUT2D eigenvalue weighted by molar-refractivity contribution is -0.160. The molecular weight excluding hydrogens is 1430 g/mol. The number of aryl methyl sites for hydroxylation is 1. The maximum Gasteiger partial charge on any atom is 0.373 e. The topological polar surface area (TPSA) is 224 Å². The summed E-state index contributed by atoms with van der Waals surface area (Å²) in [6.07, 6.45) is 21.8. The van der Waals surface area contributed by atoms with Crippen LogP contribution in [0, 0.1) is 0 Å². The molecule has 1 aromatic heterocycles. The molecule has 0 radical (unpaired) electrons. The molecule has 18 heteroatoms. The number of benzene rings is 7. The van der Waals surface area contributed by atoms with E-state index in [0.717, 1.165) is 105 Å². The molecule has 4 N–H and O–H groups in total. The van der Waals surface area contributed by atoms with E-state index in [2.05, 4.69) is 149 Å². The molecular formula is C94H105NO16S. The third kappa shape index (κ3) is 23.5. The minimum atomic E-state index is -1.04. The summed E-state index contributed by atoms with van der Waals surface area (Å²) < 4.78 is 51.5. The van der Waals surface area contributed by atoms with Gasteiger partial charge in [-0.05, 0) is 175 Å². The zero-order chi connectivity index (χ0) is 78.6. The molecule has 0 bridgehead atoms. The predicted molar refractivity (Wildman–Crippen MR) is 436 cm³/mol. The third-order valence-electron chi connectivity index (χ3n) is 20.5. The third-order valence-corrected chi connectivity index (χ3v) is 21.2. The van der Waals surface area contributed by atoms with E-state index in [1.165, 1.54) is 55.6 Å². The lowest BCUT2D eigenvalue weighted by atomic mass is 9.90. The van der Waals surface area contributed by atoms with E-state index in [0.29, 0.717) is 57.8 Å². The molecule has 5 heterocycles. The van der Waals surface area contributed by atoms with Crippen LogP contribution in [0.2, 0.25) is 0 Å². The van der Waals surface area contributed by atoms with Crippen molar-refractivity contribution in [2.45, 2.75) is 192 Å². The smallest absolute Gasteiger partial charge is 0.373 e. The monoisotopic (exact) mass is 1540 g/mol. The van der Waals surface area contributed by atoms with E-state index < -0.39 is 43.1 Å². The maximum absolute atomic E-state index is 13.0. The van der Waals surface area contributed by atoms with Crippen LogP contribution >= 0.6 is 11.3 Å². The highest BCUT2D eigenvalue weighted by Crippen LogP contribution is 2.43. The highest BCUT2D eigenvalue weighted by Gasteiger charge is 2.34. The van der Waals surface area contributed by atoms with Gasteiger partial charge in [-0.1, -0.05) is 231 Å². The summed E-state index contributed by atoms with van der Waals surface area (Å²) in [5.41, 5.74) is 18.9. The number of rotatable bonds is 31. The van der Waals surface area contributed by atoms with Gasteiger partial charge in [0, 0.05) is 55.0 Å². The molecule has 1 amide bonds. The first-order valence-electron chi connectivity index (χ1n) is 39.5. The molecule has 0 saturated carbocycles. The number of carboxylic acid groups (broad SMARTS) is 2. The number of aliphatic hydroxyl groups excluding tert-OH is 1. The Kier molecular flexibility index (Phi) is 31.4. The summed E-state index contributed by atoms with van der Waals surface area (Å²) in [5, 5.41) is 34.7.